The van der Waals surface area contributed by atoms with Gasteiger partial charge < -0.3 is 30.7 Å². The number of para-hydroxylation sites is 1. The van der Waals surface area contributed by atoms with Crippen molar-refractivity contribution >= 4 is 28.7 Å². The second-order valence-electron chi connectivity index (χ2n) is 8.57. The van der Waals surface area contributed by atoms with Crippen molar-refractivity contribution in [2.75, 3.05) is 18.0 Å². The molecule has 5 N–H and O–H groups in total. The third-order valence-electron chi connectivity index (χ3n) is 6.07. The van der Waals surface area contributed by atoms with Gasteiger partial charge in [-0.05, 0) is 55.7 Å². The number of carbonyl (C=O) groups excluding carboxylic acids is 2. The number of benzene rings is 2. The fraction of sp³-hybridized carbons (Fsp3) is 0.185. The number of hydrogen-bond acceptors (Lipinski definition) is 6. The molecule has 0 saturated carbocycles. The zero-order chi connectivity index (χ0) is 25.9. The number of fused-ring (bicyclic) bond motifs is 1. The van der Waals surface area contributed by atoms with Crippen molar-refractivity contribution in [3.8, 4) is 34.6 Å². The van der Waals surface area contributed by atoms with E-state index in [9.17, 15) is 14.4 Å². The van der Waals surface area contributed by atoms with Crippen LogP contribution >= 0.6 is 0 Å². The third kappa shape index (κ3) is 4.88. The average molecular weight is 497 g/mol. The standard InChI is InChI=1S/C27H24N6O4/c1-2-6-20(34)29-17-13-14-33(15-17)26-24-23(31-27(36)32-24)21(25(28)35)22(30-26)16-9-11-19(12-10-16)37-18-7-4-3-5-8-18/h3-5,7-12,17H,13-15H2,1H3,(H2,28,35)(H,29,34)(H2,31,32,36)/t17-/m1/s1. The first kappa shape index (κ1) is 23.7. The zero-order valence-corrected chi connectivity index (χ0v) is 20.0. The molecule has 2 aromatic heterocycles. The van der Waals surface area contributed by atoms with E-state index in [1.807, 2.05) is 35.2 Å². The summed E-state index contributed by atoms with van der Waals surface area (Å²) in [6.45, 7) is 2.65. The molecule has 0 radical (unpaired) electrons. The molecule has 2 aromatic carbocycles. The van der Waals surface area contributed by atoms with Crippen molar-refractivity contribution < 1.29 is 14.3 Å². The van der Waals surface area contributed by atoms with Gasteiger partial charge in [0.25, 0.3) is 11.8 Å². The molecule has 1 aliphatic rings. The van der Waals surface area contributed by atoms with Gasteiger partial charge in [0.1, 0.15) is 17.0 Å². The van der Waals surface area contributed by atoms with E-state index in [1.54, 1.807) is 31.2 Å². The molecule has 4 aromatic rings. The van der Waals surface area contributed by atoms with E-state index in [1.165, 1.54) is 0 Å². The number of nitrogens with zero attached hydrogens (tertiary/aromatic N) is 2. The number of rotatable bonds is 6. The summed E-state index contributed by atoms with van der Waals surface area (Å²) in [4.78, 5) is 48.9. The van der Waals surface area contributed by atoms with Crippen LogP contribution in [0.3, 0.4) is 0 Å². The lowest BCUT2D eigenvalue weighted by atomic mass is 10.0. The molecule has 1 saturated heterocycles. The smallest absolute Gasteiger partial charge is 0.323 e. The molecule has 0 bridgehead atoms. The number of imidazole rings is 1. The van der Waals surface area contributed by atoms with Gasteiger partial charge >= 0.3 is 5.69 Å². The van der Waals surface area contributed by atoms with Crippen LogP contribution in [0.1, 0.15) is 23.7 Å². The number of amides is 2. The van der Waals surface area contributed by atoms with Crippen LogP contribution in [0.15, 0.2) is 59.4 Å². The molecule has 1 atom stereocenters. The number of pyridine rings is 1. The predicted octanol–water partition coefficient (Wildman–Crippen LogP) is 2.53. The number of primary amides is 1. The lowest BCUT2D eigenvalue weighted by Crippen LogP contribution is -2.36. The minimum Gasteiger partial charge on any atom is -0.457 e. The van der Waals surface area contributed by atoms with Crippen LogP contribution in [0.2, 0.25) is 0 Å². The van der Waals surface area contributed by atoms with Crippen LogP contribution in [0.4, 0.5) is 5.82 Å². The van der Waals surface area contributed by atoms with Crippen LogP contribution in [-0.2, 0) is 4.79 Å². The maximum Gasteiger partial charge on any atom is 0.323 e. The highest BCUT2D eigenvalue weighted by Gasteiger charge is 2.29. The van der Waals surface area contributed by atoms with Crippen molar-refractivity contribution in [3.63, 3.8) is 0 Å². The molecule has 3 heterocycles. The Morgan fingerprint density at radius 2 is 1.78 bits per heavy atom. The summed E-state index contributed by atoms with van der Waals surface area (Å²) < 4.78 is 5.87. The van der Waals surface area contributed by atoms with Gasteiger partial charge in [0, 0.05) is 24.7 Å². The molecule has 1 fully saturated rings. The van der Waals surface area contributed by atoms with E-state index >= 15 is 0 Å². The molecule has 10 heteroatoms. The number of anilines is 1. The molecule has 37 heavy (non-hydrogen) atoms. The summed E-state index contributed by atoms with van der Waals surface area (Å²) >= 11 is 0. The molecule has 5 rings (SSSR count). The fourth-order valence-electron chi connectivity index (χ4n) is 4.46. The molecular weight excluding hydrogens is 472 g/mol. The van der Waals surface area contributed by atoms with Gasteiger partial charge in [0.05, 0.1) is 16.8 Å². The van der Waals surface area contributed by atoms with Gasteiger partial charge in [0.2, 0.25) is 0 Å². The topological polar surface area (TPSA) is 146 Å². The largest absolute Gasteiger partial charge is 0.457 e. The van der Waals surface area contributed by atoms with Crippen molar-refractivity contribution in [2.45, 2.75) is 19.4 Å². The monoisotopic (exact) mass is 496 g/mol. The molecule has 0 unspecified atom stereocenters. The van der Waals surface area contributed by atoms with Crippen LogP contribution in [-0.4, -0.2) is 45.9 Å². The van der Waals surface area contributed by atoms with Crippen LogP contribution in [0.5, 0.6) is 11.5 Å². The van der Waals surface area contributed by atoms with Crippen LogP contribution in [0.25, 0.3) is 22.3 Å². The van der Waals surface area contributed by atoms with E-state index in [2.05, 4.69) is 27.1 Å². The van der Waals surface area contributed by atoms with Gasteiger partial charge in [-0.25, -0.2) is 9.78 Å². The number of nitrogens with one attached hydrogen (secondary N) is 3. The Balaban J connectivity index is 1.53. The van der Waals surface area contributed by atoms with Crippen molar-refractivity contribution in [1.29, 1.82) is 0 Å². The highest BCUT2D eigenvalue weighted by atomic mass is 16.5. The van der Waals surface area contributed by atoms with E-state index in [0.29, 0.717) is 53.6 Å². The van der Waals surface area contributed by atoms with Crippen LogP contribution in [0, 0.1) is 11.8 Å². The summed E-state index contributed by atoms with van der Waals surface area (Å²) in [5.41, 5.74) is 7.01. The van der Waals surface area contributed by atoms with Gasteiger partial charge in [-0.3, -0.25) is 9.59 Å². The molecule has 0 aliphatic carbocycles. The zero-order valence-electron chi connectivity index (χ0n) is 20.0. The molecule has 2 amide bonds. The second kappa shape index (κ2) is 9.91. The summed E-state index contributed by atoms with van der Waals surface area (Å²) in [6.07, 6.45) is 0.674. The summed E-state index contributed by atoms with van der Waals surface area (Å²) in [5, 5.41) is 2.89. The Hall–Kier alpha value is -5.04. The Morgan fingerprint density at radius 1 is 1.08 bits per heavy atom. The Morgan fingerprint density at radius 3 is 2.49 bits per heavy atom. The van der Waals surface area contributed by atoms with Gasteiger partial charge in [-0.1, -0.05) is 24.1 Å². The maximum absolute atomic E-state index is 12.5. The fourth-order valence-corrected chi connectivity index (χ4v) is 4.46. The van der Waals surface area contributed by atoms with E-state index < -0.39 is 11.6 Å². The maximum atomic E-state index is 12.5. The van der Waals surface area contributed by atoms with E-state index in [-0.39, 0.29) is 23.0 Å². The van der Waals surface area contributed by atoms with Crippen LogP contribution < -0.4 is 26.4 Å². The van der Waals surface area contributed by atoms with Crippen molar-refractivity contribution in [1.82, 2.24) is 20.3 Å². The van der Waals surface area contributed by atoms with E-state index in [0.717, 1.165) is 0 Å². The van der Waals surface area contributed by atoms with Gasteiger partial charge in [-0.2, -0.15) is 0 Å². The first-order valence-electron chi connectivity index (χ1n) is 11.7. The first-order chi connectivity index (χ1) is 17.9. The minimum absolute atomic E-state index is 0.107. The number of aromatic amines is 2. The number of ether oxygens (including phenoxy) is 1. The highest BCUT2D eigenvalue weighted by Crippen LogP contribution is 2.34. The Bertz CT molecular complexity index is 1600. The quantitative estimate of drug-likeness (QED) is 0.302. The molecule has 186 valence electrons. The number of nitrogens with two attached hydrogens (primary N) is 1. The number of hydrogen-bond donors (Lipinski definition) is 4. The first-order valence-corrected chi connectivity index (χ1v) is 11.7. The van der Waals surface area contributed by atoms with E-state index in [4.69, 9.17) is 15.5 Å². The molecular formula is C27H24N6O4. The summed E-state index contributed by atoms with van der Waals surface area (Å²) in [5.74, 6) is 5.80. The van der Waals surface area contributed by atoms with Crippen molar-refractivity contribution in [2.24, 2.45) is 5.73 Å². The number of H-pyrrole nitrogens is 2. The highest BCUT2D eigenvalue weighted by molar-refractivity contribution is 6.11. The molecule has 10 nitrogen and oxygen atoms in total. The normalized spacial score (nSPS) is 14.7. The minimum atomic E-state index is -0.719. The third-order valence-corrected chi connectivity index (χ3v) is 6.07. The Labute approximate surface area is 211 Å². The average Bonchev–Trinajstić information content (AvgIpc) is 3.50. The Kier molecular flexibility index (Phi) is 6.34. The summed E-state index contributed by atoms with van der Waals surface area (Å²) in [7, 11) is 0. The number of aromatic nitrogens is 3. The SMILES string of the molecule is CC#CC(=O)N[C@@H]1CCN(c2nc(-c3ccc(Oc4ccccc4)cc3)c(C(N)=O)c3[nH]c(=O)[nH]c23)C1. The van der Waals surface area contributed by atoms with Gasteiger partial charge in [0.15, 0.2) is 5.82 Å². The lowest BCUT2D eigenvalue weighted by Gasteiger charge is -2.20. The summed E-state index contributed by atoms with van der Waals surface area (Å²) in [6, 6.07) is 16.3. The lowest BCUT2D eigenvalue weighted by molar-refractivity contribution is -0.116. The second-order valence-corrected chi connectivity index (χ2v) is 8.57. The van der Waals surface area contributed by atoms with Crippen molar-refractivity contribution in [3.05, 3.63) is 70.6 Å². The van der Waals surface area contributed by atoms with Gasteiger partial charge in [-0.15, -0.1) is 0 Å². The number of carbonyl (C=O) groups is 2. The molecule has 0 spiro atoms. The molecule has 1 aliphatic heterocycles. The predicted molar refractivity (Wildman–Crippen MR) is 139 cm³/mol.